The molecule has 8 heteroatoms. The lowest BCUT2D eigenvalue weighted by Gasteiger charge is -2.18. The molecule has 17 heavy (non-hydrogen) atoms. The molecule has 5 nitrogen and oxygen atoms in total. The van der Waals surface area contributed by atoms with Gasteiger partial charge in [-0.3, -0.25) is 0 Å². The highest BCUT2D eigenvalue weighted by molar-refractivity contribution is 5.75. The number of carbonyl (C=O) groups is 1. The monoisotopic (exact) mass is 253 g/mol. The van der Waals surface area contributed by atoms with Crippen molar-refractivity contribution in [2.75, 3.05) is 0 Å². The van der Waals surface area contributed by atoms with Gasteiger partial charge in [0, 0.05) is 0 Å². The first-order valence-corrected chi connectivity index (χ1v) is 4.53. The zero-order valence-corrected chi connectivity index (χ0v) is 8.48. The van der Waals surface area contributed by atoms with Crippen LogP contribution in [0.4, 0.5) is 13.2 Å². The lowest BCUT2D eigenvalue weighted by molar-refractivity contribution is -0.221. The van der Waals surface area contributed by atoms with Crippen molar-refractivity contribution in [1.82, 2.24) is 0 Å². The van der Waals surface area contributed by atoms with Crippen LogP contribution in [0, 0.1) is 0 Å². The molecule has 0 saturated carbocycles. The van der Waals surface area contributed by atoms with Crippen molar-refractivity contribution in [1.29, 1.82) is 0 Å². The number of furan rings is 1. The predicted molar refractivity (Wildman–Crippen MR) is 48.5 cm³/mol. The van der Waals surface area contributed by atoms with Crippen molar-refractivity contribution >= 4 is 5.97 Å². The summed E-state index contributed by atoms with van der Waals surface area (Å²) in [4.78, 5) is 10.4. The minimum atomic E-state index is -5.16. The number of rotatable bonds is 4. The fraction of sp³-hybridized carbons (Fsp3) is 0.444. The first kappa shape index (κ1) is 13.5. The number of nitrogens with two attached hydrogens (primary N) is 1. The molecule has 0 saturated heterocycles. The Hall–Kier alpha value is -1.54. The van der Waals surface area contributed by atoms with E-state index in [-0.39, 0.29) is 6.42 Å². The van der Waals surface area contributed by atoms with Gasteiger partial charge in [0.15, 0.2) is 0 Å². The van der Waals surface area contributed by atoms with Crippen LogP contribution in [0.5, 0.6) is 0 Å². The first-order chi connectivity index (χ1) is 7.80. The second kappa shape index (κ2) is 5.19. The Morgan fingerprint density at radius 1 is 1.59 bits per heavy atom. The van der Waals surface area contributed by atoms with Gasteiger partial charge in [0.05, 0.1) is 18.6 Å². The van der Waals surface area contributed by atoms with E-state index in [0.29, 0.717) is 5.56 Å². The second-order valence-corrected chi connectivity index (χ2v) is 3.29. The number of hydrogen-bond donors (Lipinski definition) is 2. The first-order valence-electron chi connectivity index (χ1n) is 4.53. The number of hydrogen-bond acceptors (Lipinski definition) is 5. The van der Waals surface area contributed by atoms with Gasteiger partial charge in [0.2, 0.25) is 6.29 Å². The second-order valence-electron chi connectivity index (χ2n) is 3.29. The number of esters is 1. The molecule has 0 amide bonds. The van der Waals surface area contributed by atoms with Gasteiger partial charge in [-0.1, -0.05) is 0 Å². The molecule has 0 aliphatic carbocycles. The zero-order valence-electron chi connectivity index (χ0n) is 8.48. The van der Waals surface area contributed by atoms with Crippen LogP contribution in [-0.4, -0.2) is 29.6 Å². The zero-order chi connectivity index (χ0) is 13.1. The number of carbonyl (C=O) groups excluding carboxylic acids is 1. The van der Waals surface area contributed by atoms with E-state index in [1.54, 1.807) is 0 Å². The average Bonchev–Trinajstić information content (AvgIpc) is 2.68. The largest absolute Gasteiger partial charge is 0.491 e. The summed E-state index contributed by atoms with van der Waals surface area (Å²) in [6, 6.07) is 0.358. The standard InChI is InChI=1S/C9H10F3NO4/c10-9(11,12)8(15)17-7(14)6(13)3-5-1-2-16-4-5/h1-2,4,6-7,14H,3,13H2/t6-,7?/m1/s1. The predicted octanol–water partition coefficient (Wildman–Crippen LogP) is 0.573. The number of ether oxygens (including phenoxy) is 1. The number of halogens is 3. The van der Waals surface area contributed by atoms with Gasteiger partial charge in [0.1, 0.15) is 0 Å². The molecular weight excluding hydrogens is 243 g/mol. The molecule has 1 aromatic heterocycles. The summed E-state index contributed by atoms with van der Waals surface area (Å²) in [6.45, 7) is 0. The van der Waals surface area contributed by atoms with Crippen LogP contribution in [0.2, 0.25) is 0 Å². The molecule has 0 spiro atoms. The highest BCUT2D eigenvalue weighted by Gasteiger charge is 2.42. The third kappa shape index (κ3) is 4.08. The lowest BCUT2D eigenvalue weighted by Crippen LogP contribution is -2.42. The van der Waals surface area contributed by atoms with E-state index in [2.05, 4.69) is 4.74 Å². The van der Waals surface area contributed by atoms with Crippen LogP contribution in [-0.2, 0) is 16.0 Å². The average molecular weight is 253 g/mol. The van der Waals surface area contributed by atoms with Crippen LogP contribution in [0.25, 0.3) is 0 Å². The topological polar surface area (TPSA) is 85.7 Å². The maximum absolute atomic E-state index is 11.8. The van der Waals surface area contributed by atoms with E-state index in [4.69, 9.17) is 15.3 Å². The molecule has 0 fully saturated rings. The Morgan fingerprint density at radius 3 is 2.71 bits per heavy atom. The molecule has 0 aliphatic rings. The van der Waals surface area contributed by atoms with Gasteiger partial charge in [-0.05, 0) is 18.1 Å². The van der Waals surface area contributed by atoms with E-state index >= 15 is 0 Å². The number of aliphatic hydroxyl groups is 1. The summed E-state index contributed by atoms with van der Waals surface area (Å²) < 4.78 is 43.9. The molecule has 1 unspecified atom stereocenters. The normalized spacial score (nSPS) is 15.4. The molecule has 1 rings (SSSR count). The molecule has 0 radical (unpaired) electrons. The van der Waals surface area contributed by atoms with Crippen molar-refractivity contribution in [3.8, 4) is 0 Å². The van der Waals surface area contributed by atoms with Crippen LogP contribution in [0.15, 0.2) is 23.0 Å². The SMILES string of the molecule is N[C@H](Cc1ccoc1)C(O)OC(=O)C(F)(F)F. The van der Waals surface area contributed by atoms with Gasteiger partial charge in [-0.15, -0.1) is 0 Å². The van der Waals surface area contributed by atoms with E-state index in [1.807, 2.05) is 0 Å². The Labute approximate surface area is 94.0 Å². The fourth-order valence-corrected chi connectivity index (χ4v) is 1.05. The van der Waals surface area contributed by atoms with Crippen LogP contribution < -0.4 is 5.73 Å². The third-order valence-electron chi connectivity index (χ3n) is 1.88. The number of aliphatic hydroxyl groups excluding tert-OH is 1. The summed E-state index contributed by atoms with van der Waals surface area (Å²) in [5.41, 5.74) is 5.93. The smallest absolute Gasteiger partial charge is 0.472 e. The van der Waals surface area contributed by atoms with E-state index < -0.39 is 24.5 Å². The molecule has 0 bridgehead atoms. The maximum Gasteiger partial charge on any atom is 0.491 e. The van der Waals surface area contributed by atoms with Gasteiger partial charge in [-0.25, -0.2) is 4.79 Å². The summed E-state index contributed by atoms with van der Waals surface area (Å²) >= 11 is 0. The Balaban J connectivity index is 2.47. The molecule has 3 N–H and O–H groups in total. The van der Waals surface area contributed by atoms with E-state index in [1.165, 1.54) is 18.6 Å². The van der Waals surface area contributed by atoms with Crippen molar-refractivity contribution in [3.63, 3.8) is 0 Å². The maximum atomic E-state index is 11.8. The van der Waals surface area contributed by atoms with Crippen LogP contribution in [0.3, 0.4) is 0 Å². The molecule has 2 atom stereocenters. The van der Waals surface area contributed by atoms with Crippen LogP contribution in [0.1, 0.15) is 5.56 Å². The van der Waals surface area contributed by atoms with Crippen molar-refractivity contribution in [3.05, 3.63) is 24.2 Å². The molecule has 1 heterocycles. The molecule has 0 aliphatic heterocycles. The summed E-state index contributed by atoms with van der Waals surface area (Å²) in [6.07, 6.45) is -4.51. The Bertz CT molecular complexity index is 363. The molecule has 96 valence electrons. The highest BCUT2D eigenvalue weighted by Crippen LogP contribution is 2.18. The van der Waals surface area contributed by atoms with Gasteiger partial charge in [0.25, 0.3) is 0 Å². The summed E-state index contributed by atoms with van der Waals surface area (Å²) in [5, 5.41) is 9.15. The lowest BCUT2D eigenvalue weighted by atomic mass is 10.1. The fourth-order valence-electron chi connectivity index (χ4n) is 1.05. The van der Waals surface area contributed by atoms with E-state index in [9.17, 15) is 18.0 Å². The third-order valence-corrected chi connectivity index (χ3v) is 1.88. The van der Waals surface area contributed by atoms with Gasteiger partial charge in [-0.2, -0.15) is 13.2 Å². The Kier molecular flexibility index (Phi) is 4.13. The summed E-state index contributed by atoms with van der Waals surface area (Å²) in [7, 11) is 0. The quantitative estimate of drug-likeness (QED) is 0.605. The summed E-state index contributed by atoms with van der Waals surface area (Å²) in [5.74, 6) is -2.48. The van der Waals surface area contributed by atoms with Crippen LogP contribution >= 0.6 is 0 Å². The highest BCUT2D eigenvalue weighted by atomic mass is 19.4. The molecular formula is C9H10F3NO4. The van der Waals surface area contributed by atoms with Crippen molar-refractivity contribution in [2.24, 2.45) is 5.73 Å². The van der Waals surface area contributed by atoms with Crippen molar-refractivity contribution in [2.45, 2.75) is 24.9 Å². The minimum Gasteiger partial charge on any atom is -0.472 e. The van der Waals surface area contributed by atoms with Gasteiger partial charge >= 0.3 is 12.1 Å². The van der Waals surface area contributed by atoms with Gasteiger partial charge < -0.3 is 20.0 Å². The number of alkyl halides is 3. The molecule has 0 aromatic carbocycles. The Morgan fingerprint density at radius 2 is 2.24 bits per heavy atom. The molecule has 1 aromatic rings. The van der Waals surface area contributed by atoms with Crippen molar-refractivity contribution < 1.29 is 32.2 Å². The van der Waals surface area contributed by atoms with E-state index in [0.717, 1.165) is 0 Å². The minimum absolute atomic E-state index is 0.0167.